The molecule has 2 aliphatic carbocycles. The smallest absolute Gasteiger partial charge is 0.246 e. The van der Waals surface area contributed by atoms with Gasteiger partial charge in [0.2, 0.25) is 5.91 Å². The summed E-state index contributed by atoms with van der Waals surface area (Å²) >= 11 is 0. The van der Waals surface area contributed by atoms with Crippen LogP contribution in [0.5, 0.6) is 5.75 Å². The normalized spacial score (nSPS) is 27.7. The molecule has 0 aromatic heterocycles. The van der Waals surface area contributed by atoms with E-state index in [1.165, 1.54) is 11.1 Å². The van der Waals surface area contributed by atoms with Crippen LogP contribution < -0.4 is 0 Å². The maximum atomic E-state index is 13.3. The third-order valence-electron chi connectivity index (χ3n) is 10.00. The lowest BCUT2D eigenvalue weighted by molar-refractivity contribution is -0.176. The van der Waals surface area contributed by atoms with Crippen LogP contribution in [0.25, 0.3) is 6.08 Å². The summed E-state index contributed by atoms with van der Waals surface area (Å²) in [4.78, 5) is 17.7. The minimum absolute atomic E-state index is 0.0137. The fourth-order valence-electron chi connectivity index (χ4n) is 7.83. The molecule has 2 fully saturated rings. The second kappa shape index (κ2) is 10.5. The van der Waals surface area contributed by atoms with Crippen molar-refractivity contribution < 1.29 is 15.0 Å². The minimum Gasteiger partial charge on any atom is -0.508 e. The van der Waals surface area contributed by atoms with Gasteiger partial charge in [-0.2, -0.15) is 0 Å². The van der Waals surface area contributed by atoms with Gasteiger partial charge in [0.15, 0.2) is 0 Å². The monoisotopic (exact) mass is 536 g/mol. The molecule has 0 unspecified atom stereocenters. The summed E-state index contributed by atoms with van der Waals surface area (Å²) in [6, 6.07) is 24.4. The lowest BCUT2D eigenvalue weighted by Gasteiger charge is -2.65. The Morgan fingerprint density at radius 1 is 1.07 bits per heavy atom. The number of fused-ring (bicyclic) bond motifs is 1. The van der Waals surface area contributed by atoms with Crippen LogP contribution in [-0.2, 0) is 23.1 Å². The molecule has 3 aromatic rings. The first-order valence-electron chi connectivity index (χ1n) is 14.6. The van der Waals surface area contributed by atoms with E-state index >= 15 is 0 Å². The SMILES string of the molecule is Cc1cccc(C=CC(=O)N(C)[C@H]2CC[C@@]3(O)[C@H]4Cc5ccc(O)cc5[C@@]3(CCN4CCc3ccccc3)C2)c1. The molecule has 1 amide bonds. The van der Waals surface area contributed by atoms with Gasteiger partial charge in [0, 0.05) is 37.2 Å². The van der Waals surface area contributed by atoms with E-state index in [2.05, 4.69) is 35.2 Å². The van der Waals surface area contributed by atoms with Crippen LogP contribution in [-0.4, -0.2) is 63.7 Å². The molecular weight excluding hydrogens is 496 g/mol. The third kappa shape index (κ3) is 4.65. The van der Waals surface area contributed by atoms with Crippen molar-refractivity contribution in [1.29, 1.82) is 0 Å². The Morgan fingerprint density at radius 2 is 1.90 bits per heavy atom. The van der Waals surface area contributed by atoms with Crippen LogP contribution in [0.4, 0.5) is 0 Å². The molecule has 5 heteroatoms. The van der Waals surface area contributed by atoms with Gasteiger partial charge in [0.25, 0.3) is 0 Å². The Hall–Kier alpha value is -3.41. The van der Waals surface area contributed by atoms with Crippen molar-refractivity contribution in [3.05, 3.63) is 107 Å². The van der Waals surface area contributed by atoms with Crippen molar-refractivity contribution in [3.63, 3.8) is 0 Å². The Labute approximate surface area is 237 Å². The van der Waals surface area contributed by atoms with Crippen LogP contribution in [0, 0.1) is 6.92 Å². The molecule has 3 aliphatic rings. The van der Waals surface area contributed by atoms with Gasteiger partial charge in [0.1, 0.15) is 5.75 Å². The van der Waals surface area contributed by atoms with E-state index in [0.717, 1.165) is 55.5 Å². The highest BCUT2D eigenvalue weighted by molar-refractivity contribution is 5.91. The summed E-state index contributed by atoms with van der Waals surface area (Å²) < 4.78 is 0. The van der Waals surface area contributed by atoms with Gasteiger partial charge in [0.05, 0.1) is 5.60 Å². The molecule has 40 heavy (non-hydrogen) atoms. The highest BCUT2D eigenvalue weighted by Crippen LogP contribution is 2.59. The van der Waals surface area contributed by atoms with Crippen LogP contribution >= 0.6 is 0 Å². The average molecular weight is 537 g/mol. The highest BCUT2D eigenvalue weighted by Gasteiger charge is 2.64. The number of phenolic OH excluding ortho intramolecular Hbond substituents is 1. The molecule has 208 valence electrons. The number of benzene rings is 3. The van der Waals surface area contributed by atoms with Crippen molar-refractivity contribution in [2.45, 2.75) is 68.5 Å². The first-order chi connectivity index (χ1) is 19.3. The van der Waals surface area contributed by atoms with E-state index in [1.807, 2.05) is 61.3 Å². The predicted molar refractivity (Wildman–Crippen MR) is 159 cm³/mol. The molecular formula is C35H40N2O3. The largest absolute Gasteiger partial charge is 0.508 e. The molecule has 1 saturated heterocycles. The van der Waals surface area contributed by atoms with Crippen LogP contribution in [0.2, 0.25) is 0 Å². The standard InChI is InChI=1S/C35H40N2O3/c1-25-7-6-10-27(21-25)11-14-33(39)36(2)29-15-17-35(40)32-22-28-12-13-30(38)23-31(28)34(35,24-29)18-20-37(32)19-16-26-8-4-3-5-9-26/h3-14,21,23,29,32,38,40H,15-20,22,24H2,1-2H3/t29-,32+,34+,35+/m0/s1. The first kappa shape index (κ1) is 26.8. The van der Waals surface area contributed by atoms with Gasteiger partial charge in [-0.25, -0.2) is 0 Å². The van der Waals surface area contributed by atoms with Gasteiger partial charge in [-0.1, -0.05) is 66.2 Å². The van der Waals surface area contributed by atoms with Crippen LogP contribution in [0.3, 0.4) is 0 Å². The number of carbonyl (C=O) groups is 1. The molecule has 4 atom stereocenters. The minimum atomic E-state index is -0.902. The average Bonchev–Trinajstić information content (AvgIpc) is 2.96. The van der Waals surface area contributed by atoms with Crippen molar-refractivity contribution >= 4 is 12.0 Å². The quantitative estimate of drug-likeness (QED) is 0.422. The molecule has 1 heterocycles. The molecule has 0 radical (unpaired) electrons. The maximum absolute atomic E-state index is 13.3. The van der Waals surface area contributed by atoms with E-state index in [4.69, 9.17) is 0 Å². The molecule has 2 N–H and O–H groups in total. The molecule has 1 aliphatic heterocycles. The summed E-state index contributed by atoms with van der Waals surface area (Å²) in [5.41, 5.74) is 4.39. The number of aliphatic hydroxyl groups is 1. The molecule has 5 nitrogen and oxygen atoms in total. The maximum Gasteiger partial charge on any atom is 0.246 e. The van der Waals surface area contributed by atoms with Gasteiger partial charge in [-0.3, -0.25) is 9.69 Å². The molecule has 2 bridgehead atoms. The predicted octanol–water partition coefficient (Wildman–Crippen LogP) is 5.27. The fraction of sp³-hybridized carbons (Fsp3) is 0.400. The van der Waals surface area contributed by atoms with E-state index < -0.39 is 11.0 Å². The number of amides is 1. The molecule has 0 spiro atoms. The topological polar surface area (TPSA) is 64.0 Å². The Bertz CT molecular complexity index is 1420. The number of likely N-dealkylation sites (N-methyl/N-ethyl adjacent to an activating group) is 1. The second-order valence-electron chi connectivity index (χ2n) is 12.2. The Morgan fingerprint density at radius 3 is 2.70 bits per heavy atom. The molecule has 6 rings (SSSR count). The molecule has 3 aromatic carbocycles. The number of piperidine rings is 1. The van der Waals surface area contributed by atoms with Crippen molar-refractivity contribution in [2.75, 3.05) is 20.1 Å². The van der Waals surface area contributed by atoms with Crippen molar-refractivity contribution in [3.8, 4) is 5.75 Å². The Balaban J connectivity index is 1.27. The highest BCUT2D eigenvalue weighted by atomic mass is 16.3. The van der Waals surface area contributed by atoms with Gasteiger partial charge in [-0.15, -0.1) is 0 Å². The number of likely N-dealkylation sites (tertiary alicyclic amines) is 1. The lowest BCUT2D eigenvalue weighted by atomic mass is 9.48. The fourth-order valence-corrected chi connectivity index (χ4v) is 7.83. The zero-order valence-corrected chi connectivity index (χ0v) is 23.6. The summed E-state index contributed by atoms with van der Waals surface area (Å²) in [5, 5.41) is 23.2. The number of aryl methyl sites for hydroxylation is 1. The Kier molecular flexibility index (Phi) is 7.05. The van der Waals surface area contributed by atoms with Gasteiger partial charge < -0.3 is 15.1 Å². The zero-order valence-electron chi connectivity index (χ0n) is 23.6. The van der Waals surface area contributed by atoms with E-state index in [-0.39, 0.29) is 23.7 Å². The summed E-state index contributed by atoms with van der Waals surface area (Å²) in [7, 11) is 1.90. The third-order valence-corrected chi connectivity index (χ3v) is 10.00. The summed E-state index contributed by atoms with van der Waals surface area (Å²) in [6.45, 7) is 3.85. The second-order valence-corrected chi connectivity index (χ2v) is 12.2. The van der Waals surface area contributed by atoms with Crippen molar-refractivity contribution in [1.82, 2.24) is 9.80 Å². The zero-order chi connectivity index (χ0) is 27.9. The van der Waals surface area contributed by atoms with Crippen LogP contribution in [0.1, 0.15) is 53.5 Å². The number of carbonyl (C=O) groups excluding carboxylic acids is 1. The van der Waals surface area contributed by atoms with E-state index in [0.29, 0.717) is 12.8 Å². The number of phenols is 1. The first-order valence-corrected chi connectivity index (χ1v) is 14.6. The molecule has 1 saturated carbocycles. The lowest BCUT2D eigenvalue weighted by Crippen LogP contribution is -2.74. The number of aromatic hydroxyl groups is 1. The summed E-state index contributed by atoms with van der Waals surface area (Å²) in [5.74, 6) is 0.227. The van der Waals surface area contributed by atoms with Gasteiger partial charge in [-0.05, 0) is 92.5 Å². The van der Waals surface area contributed by atoms with Crippen molar-refractivity contribution in [2.24, 2.45) is 0 Å². The summed E-state index contributed by atoms with van der Waals surface area (Å²) in [6.07, 6.45) is 8.19. The number of rotatable bonds is 6. The van der Waals surface area contributed by atoms with Crippen LogP contribution in [0.15, 0.2) is 78.9 Å². The number of hydrogen-bond acceptors (Lipinski definition) is 4. The van der Waals surface area contributed by atoms with E-state index in [1.54, 1.807) is 12.1 Å². The van der Waals surface area contributed by atoms with Gasteiger partial charge >= 0.3 is 0 Å². The number of nitrogens with zero attached hydrogens (tertiary/aromatic N) is 2. The number of hydrogen-bond donors (Lipinski definition) is 2. The van der Waals surface area contributed by atoms with E-state index in [9.17, 15) is 15.0 Å².